The number of carbonyl (C=O) groups is 2. The van der Waals surface area contributed by atoms with Gasteiger partial charge in [-0.3, -0.25) is 4.79 Å². The first-order valence-corrected chi connectivity index (χ1v) is 9.59. The lowest BCUT2D eigenvalue weighted by molar-refractivity contribution is -0.864. The Morgan fingerprint density at radius 3 is 2.62 bits per heavy atom. The first kappa shape index (κ1) is 19.1. The highest BCUT2D eigenvalue weighted by Gasteiger charge is 2.41. The van der Waals surface area contributed by atoms with E-state index in [0.717, 1.165) is 24.4 Å². The third-order valence-electron chi connectivity index (χ3n) is 5.51. The number of methoxy groups -OCH3 is 1. The molecule has 2 aromatic carbocycles. The Bertz CT molecular complexity index is 958. The number of nitrogens with one attached hydrogen (secondary N) is 3. The quantitative estimate of drug-likeness (QED) is 0.688. The SMILES string of the molecule is COC(=O)[C@H]1/C(=C\[NH+]2CCc3ccccc3C2)NC(=O)N[C@H]1c1ccc(F)cc1. The molecule has 2 aromatic rings. The molecule has 0 spiro atoms. The molecule has 3 N–H and O–H groups in total. The topological polar surface area (TPSA) is 71.9 Å². The van der Waals surface area contributed by atoms with Crippen molar-refractivity contribution in [2.45, 2.75) is 19.0 Å². The molecule has 2 amide bonds. The molecular weight excluding hydrogens is 373 g/mol. The number of ether oxygens (including phenoxy) is 1. The fraction of sp³-hybridized carbons (Fsp3) is 0.273. The number of esters is 1. The van der Waals surface area contributed by atoms with E-state index in [2.05, 4.69) is 22.8 Å². The molecule has 0 aliphatic carbocycles. The molecule has 4 rings (SSSR count). The lowest BCUT2D eigenvalue weighted by atomic mass is 9.88. The summed E-state index contributed by atoms with van der Waals surface area (Å²) in [4.78, 5) is 26.1. The van der Waals surface area contributed by atoms with Crippen LogP contribution < -0.4 is 15.5 Å². The van der Waals surface area contributed by atoms with E-state index in [1.165, 1.54) is 30.4 Å². The van der Waals surface area contributed by atoms with Crippen LogP contribution >= 0.6 is 0 Å². The van der Waals surface area contributed by atoms with E-state index in [1.54, 1.807) is 12.1 Å². The summed E-state index contributed by atoms with van der Waals surface area (Å²) >= 11 is 0. The van der Waals surface area contributed by atoms with Crippen LogP contribution in [0, 0.1) is 11.7 Å². The molecule has 0 bridgehead atoms. The number of rotatable bonds is 3. The van der Waals surface area contributed by atoms with Gasteiger partial charge in [0, 0.05) is 12.0 Å². The van der Waals surface area contributed by atoms with Crippen LogP contribution in [-0.2, 0) is 22.5 Å². The standard InChI is InChI=1S/C22H22FN3O3/c1-29-21(27)19-18(13-26-11-10-14-4-2-3-5-16(14)12-26)24-22(28)25-20(19)15-6-8-17(23)9-7-15/h2-9,13,19-20H,10-12H2,1H3,(H2,24,25,28)/p+1/b18-13+/t19-,20-/m0/s1. The second-order valence-electron chi connectivity index (χ2n) is 7.33. The first-order chi connectivity index (χ1) is 14.0. The second-order valence-corrected chi connectivity index (χ2v) is 7.33. The van der Waals surface area contributed by atoms with E-state index in [0.29, 0.717) is 11.3 Å². The lowest BCUT2D eigenvalue weighted by Gasteiger charge is -2.34. The number of benzene rings is 2. The highest BCUT2D eigenvalue weighted by molar-refractivity contribution is 5.85. The maximum Gasteiger partial charge on any atom is 0.319 e. The Morgan fingerprint density at radius 1 is 1.17 bits per heavy atom. The summed E-state index contributed by atoms with van der Waals surface area (Å²) in [6.45, 7) is 1.64. The van der Waals surface area contributed by atoms with Crippen molar-refractivity contribution in [2.75, 3.05) is 13.7 Å². The van der Waals surface area contributed by atoms with Crippen LogP contribution in [0.4, 0.5) is 9.18 Å². The van der Waals surface area contributed by atoms with Gasteiger partial charge in [0.15, 0.2) is 0 Å². The number of fused-ring (bicyclic) bond motifs is 1. The zero-order chi connectivity index (χ0) is 20.4. The third-order valence-corrected chi connectivity index (χ3v) is 5.51. The normalized spacial score (nSPS) is 25.0. The van der Waals surface area contributed by atoms with E-state index in [-0.39, 0.29) is 5.82 Å². The van der Waals surface area contributed by atoms with E-state index in [1.807, 2.05) is 18.3 Å². The van der Waals surface area contributed by atoms with E-state index in [9.17, 15) is 14.0 Å². The van der Waals surface area contributed by atoms with Crippen LogP contribution in [0.5, 0.6) is 0 Å². The highest BCUT2D eigenvalue weighted by Crippen LogP contribution is 2.30. The Morgan fingerprint density at radius 2 is 1.90 bits per heavy atom. The van der Waals surface area contributed by atoms with Gasteiger partial charge in [-0.15, -0.1) is 0 Å². The van der Waals surface area contributed by atoms with Crippen molar-refractivity contribution >= 4 is 12.0 Å². The fourth-order valence-corrected chi connectivity index (χ4v) is 4.06. The summed E-state index contributed by atoms with van der Waals surface area (Å²) < 4.78 is 18.4. The third kappa shape index (κ3) is 4.00. The smallest absolute Gasteiger partial charge is 0.319 e. The fourth-order valence-electron chi connectivity index (χ4n) is 4.06. The van der Waals surface area contributed by atoms with Gasteiger partial charge in [-0.2, -0.15) is 0 Å². The molecule has 1 unspecified atom stereocenters. The molecule has 7 heteroatoms. The minimum atomic E-state index is -0.743. The Kier molecular flexibility index (Phi) is 5.31. The van der Waals surface area contributed by atoms with Crippen LogP contribution in [0.15, 0.2) is 60.4 Å². The number of hydrogen-bond acceptors (Lipinski definition) is 3. The molecule has 0 radical (unpaired) electrons. The van der Waals surface area contributed by atoms with Crippen molar-refractivity contribution in [3.63, 3.8) is 0 Å². The summed E-state index contributed by atoms with van der Waals surface area (Å²) in [7, 11) is 1.32. The van der Waals surface area contributed by atoms with Crippen molar-refractivity contribution in [1.29, 1.82) is 0 Å². The van der Waals surface area contributed by atoms with Crippen molar-refractivity contribution in [3.8, 4) is 0 Å². The van der Waals surface area contributed by atoms with Crippen LogP contribution in [0.1, 0.15) is 22.7 Å². The molecule has 2 aliphatic heterocycles. The van der Waals surface area contributed by atoms with Gasteiger partial charge in [-0.05, 0) is 23.3 Å². The van der Waals surface area contributed by atoms with Gasteiger partial charge in [0.2, 0.25) is 0 Å². The van der Waals surface area contributed by atoms with E-state index < -0.39 is 24.0 Å². The van der Waals surface area contributed by atoms with Gasteiger partial charge in [-0.25, -0.2) is 9.18 Å². The van der Waals surface area contributed by atoms with E-state index in [4.69, 9.17) is 4.74 Å². The number of carbonyl (C=O) groups excluding carboxylic acids is 2. The van der Waals surface area contributed by atoms with Gasteiger partial charge in [0.1, 0.15) is 24.5 Å². The molecule has 29 heavy (non-hydrogen) atoms. The zero-order valence-electron chi connectivity index (χ0n) is 16.1. The average molecular weight is 396 g/mol. The minimum absolute atomic E-state index is 0.379. The number of halogens is 1. The average Bonchev–Trinajstić information content (AvgIpc) is 2.73. The predicted molar refractivity (Wildman–Crippen MR) is 104 cm³/mol. The van der Waals surface area contributed by atoms with Crippen molar-refractivity contribution in [1.82, 2.24) is 10.6 Å². The summed E-state index contributed by atoms with van der Waals surface area (Å²) in [5.74, 6) is -1.58. The molecule has 1 saturated heterocycles. The molecule has 150 valence electrons. The van der Waals surface area contributed by atoms with Crippen LogP contribution in [0.2, 0.25) is 0 Å². The number of hydrogen-bond donors (Lipinski definition) is 3. The minimum Gasteiger partial charge on any atom is -0.468 e. The Balaban J connectivity index is 1.67. The van der Waals surface area contributed by atoms with Crippen LogP contribution in [0.25, 0.3) is 0 Å². The van der Waals surface area contributed by atoms with Gasteiger partial charge in [0.05, 0.1) is 25.4 Å². The second kappa shape index (κ2) is 8.05. The summed E-state index contributed by atoms with van der Waals surface area (Å²) in [6, 6.07) is 13.0. The van der Waals surface area contributed by atoms with Gasteiger partial charge >= 0.3 is 12.0 Å². The highest BCUT2D eigenvalue weighted by atomic mass is 19.1. The van der Waals surface area contributed by atoms with Crippen LogP contribution in [-0.4, -0.2) is 25.7 Å². The maximum absolute atomic E-state index is 13.4. The summed E-state index contributed by atoms with van der Waals surface area (Å²) in [5, 5.41) is 5.56. The molecule has 6 nitrogen and oxygen atoms in total. The number of amides is 2. The molecular formula is C22H23FN3O3+. The lowest BCUT2D eigenvalue weighted by Crippen LogP contribution is -3.07. The maximum atomic E-state index is 13.4. The van der Waals surface area contributed by atoms with Gasteiger partial charge in [0.25, 0.3) is 0 Å². The summed E-state index contributed by atoms with van der Waals surface area (Å²) in [5.41, 5.74) is 3.74. The predicted octanol–water partition coefficient (Wildman–Crippen LogP) is 1.45. The molecule has 2 aliphatic rings. The van der Waals surface area contributed by atoms with E-state index >= 15 is 0 Å². The molecule has 3 atom stereocenters. The number of quaternary nitrogens is 1. The molecule has 1 fully saturated rings. The molecule has 2 heterocycles. The zero-order valence-corrected chi connectivity index (χ0v) is 16.1. The first-order valence-electron chi connectivity index (χ1n) is 9.59. The summed E-state index contributed by atoms with van der Waals surface area (Å²) in [6.07, 6.45) is 2.83. The molecule has 0 aromatic heterocycles. The van der Waals surface area contributed by atoms with Crippen molar-refractivity contribution in [2.24, 2.45) is 5.92 Å². The van der Waals surface area contributed by atoms with Crippen molar-refractivity contribution < 1.29 is 23.6 Å². The van der Waals surface area contributed by atoms with Gasteiger partial charge in [-0.1, -0.05) is 36.4 Å². The van der Waals surface area contributed by atoms with Gasteiger partial charge < -0.3 is 20.3 Å². The van der Waals surface area contributed by atoms with Crippen molar-refractivity contribution in [3.05, 3.63) is 82.9 Å². The molecule has 0 saturated carbocycles. The number of urea groups is 1. The van der Waals surface area contributed by atoms with Crippen LogP contribution in [0.3, 0.4) is 0 Å². The largest absolute Gasteiger partial charge is 0.468 e. The Labute approximate surface area is 168 Å². The Hall–Kier alpha value is -3.19. The monoisotopic (exact) mass is 396 g/mol.